The molecular formula is C23H24N2O2. The van der Waals surface area contributed by atoms with Gasteiger partial charge in [0.1, 0.15) is 0 Å². The van der Waals surface area contributed by atoms with E-state index in [0.29, 0.717) is 12.8 Å². The summed E-state index contributed by atoms with van der Waals surface area (Å²) >= 11 is 0. The molecule has 0 saturated heterocycles. The van der Waals surface area contributed by atoms with Crippen molar-refractivity contribution in [3.8, 4) is 0 Å². The molecule has 0 saturated carbocycles. The van der Waals surface area contributed by atoms with Gasteiger partial charge < -0.3 is 9.64 Å². The smallest absolute Gasteiger partial charge is 0.305 e. The standard InChI is InChI=1S/C23H24N2O2/c1-27-23(26)13-12-19-9-5-10-21(15-19)18-25(22-11-6-14-24-16-22)17-20-7-3-2-4-8-20/h2-11,14-16H,12-13,17-18H2,1H3. The summed E-state index contributed by atoms with van der Waals surface area (Å²) in [5.41, 5.74) is 4.69. The van der Waals surface area contributed by atoms with Gasteiger partial charge in [-0.25, -0.2) is 0 Å². The van der Waals surface area contributed by atoms with Gasteiger partial charge in [0, 0.05) is 25.7 Å². The molecule has 0 unspecified atom stereocenters. The van der Waals surface area contributed by atoms with Gasteiger partial charge in [0.05, 0.1) is 19.0 Å². The van der Waals surface area contributed by atoms with Gasteiger partial charge in [-0.1, -0.05) is 54.6 Å². The Hall–Kier alpha value is -3.14. The first-order valence-electron chi connectivity index (χ1n) is 9.08. The number of hydrogen-bond acceptors (Lipinski definition) is 4. The van der Waals surface area contributed by atoms with Crippen molar-refractivity contribution in [1.82, 2.24) is 4.98 Å². The predicted octanol–water partition coefficient (Wildman–Crippen LogP) is 4.39. The second-order valence-electron chi connectivity index (χ2n) is 6.45. The maximum absolute atomic E-state index is 11.4. The molecule has 0 N–H and O–H groups in total. The van der Waals surface area contributed by atoms with Crippen molar-refractivity contribution < 1.29 is 9.53 Å². The summed E-state index contributed by atoms with van der Waals surface area (Å²) in [6.07, 6.45) is 4.77. The molecule has 0 aliphatic heterocycles. The fraction of sp³-hybridized carbons (Fsp3) is 0.217. The summed E-state index contributed by atoms with van der Waals surface area (Å²) in [5, 5.41) is 0. The molecule has 1 heterocycles. The van der Waals surface area contributed by atoms with Gasteiger partial charge in [-0.2, -0.15) is 0 Å². The van der Waals surface area contributed by atoms with Crippen LogP contribution in [0.3, 0.4) is 0 Å². The summed E-state index contributed by atoms with van der Waals surface area (Å²) < 4.78 is 4.74. The quantitative estimate of drug-likeness (QED) is 0.559. The summed E-state index contributed by atoms with van der Waals surface area (Å²) in [4.78, 5) is 18.0. The maximum Gasteiger partial charge on any atom is 0.305 e. The Morgan fingerprint density at radius 3 is 2.41 bits per heavy atom. The summed E-state index contributed by atoms with van der Waals surface area (Å²) in [5.74, 6) is -0.179. The van der Waals surface area contributed by atoms with E-state index >= 15 is 0 Å². The Balaban J connectivity index is 1.76. The van der Waals surface area contributed by atoms with Crippen LogP contribution in [-0.4, -0.2) is 18.1 Å². The number of aromatic nitrogens is 1. The van der Waals surface area contributed by atoms with E-state index in [2.05, 4.69) is 58.4 Å². The van der Waals surface area contributed by atoms with Crippen molar-refractivity contribution in [2.75, 3.05) is 12.0 Å². The average molecular weight is 360 g/mol. The molecule has 4 heteroatoms. The van der Waals surface area contributed by atoms with Crippen molar-refractivity contribution in [2.45, 2.75) is 25.9 Å². The van der Waals surface area contributed by atoms with Crippen molar-refractivity contribution >= 4 is 11.7 Å². The minimum atomic E-state index is -0.179. The van der Waals surface area contributed by atoms with Crippen LogP contribution in [0, 0.1) is 0 Å². The van der Waals surface area contributed by atoms with Crippen LogP contribution in [0.25, 0.3) is 0 Å². The zero-order chi connectivity index (χ0) is 18.9. The van der Waals surface area contributed by atoms with Crippen molar-refractivity contribution in [3.05, 3.63) is 95.8 Å². The van der Waals surface area contributed by atoms with Crippen LogP contribution in [0.1, 0.15) is 23.1 Å². The number of methoxy groups -OCH3 is 1. The number of carbonyl (C=O) groups excluding carboxylic acids is 1. The van der Waals surface area contributed by atoms with E-state index in [4.69, 9.17) is 4.74 Å². The molecule has 0 spiro atoms. The van der Waals surface area contributed by atoms with E-state index in [0.717, 1.165) is 24.3 Å². The SMILES string of the molecule is COC(=O)CCc1cccc(CN(Cc2ccccc2)c2cccnc2)c1. The molecule has 0 amide bonds. The number of nitrogens with zero attached hydrogens (tertiary/aromatic N) is 2. The van der Waals surface area contributed by atoms with Crippen LogP contribution >= 0.6 is 0 Å². The highest BCUT2D eigenvalue weighted by Crippen LogP contribution is 2.20. The summed E-state index contributed by atoms with van der Waals surface area (Å²) in [6, 6.07) is 22.8. The molecule has 0 radical (unpaired) electrons. The molecule has 27 heavy (non-hydrogen) atoms. The molecule has 3 rings (SSSR count). The van der Waals surface area contributed by atoms with Crippen molar-refractivity contribution in [3.63, 3.8) is 0 Å². The van der Waals surface area contributed by atoms with E-state index in [9.17, 15) is 4.79 Å². The number of rotatable bonds is 8. The average Bonchev–Trinajstić information content (AvgIpc) is 2.73. The number of anilines is 1. The van der Waals surface area contributed by atoms with Gasteiger partial charge in [0.15, 0.2) is 0 Å². The number of carbonyl (C=O) groups is 1. The number of hydrogen-bond donors (Lipinski definition) is 0. The Morgan fingerprint density at radius 2 is 1.67 bits per heavy atom. The van der Waals surface area contributed by atoms with E-state index in [1.165, 1.54) is 18.2 Å². The minimum Gasteiger partial charge on any atom is -0.469 e. The normalized spacial score (nSPS) is 10.4. The number of pyridine rings is 1. The summed E-state index contributed by atoms with van der Waals surface area (Å²) in [7, 11) is 1.42. The minimum absolute atomic E-state index is 0.179. The van der Waals surface area contributed by atoms with E-state index in [1.807, 2.05) is 24.4 Å². The third kappa shape index (κ3) is 5.68. The second-order valence-corrected chi connectivity index (χ2v) is 6.45. The van der Waals surface area contributed by atoms with Crippen LogP contribution < -0.4 is 4.90 Å². The third-order valence-electron chi connectivity index (χ3n) is 4.44. The number of ether oxygens (including phenoxy) is 1. The molecule has 0 fully saturated rings. The molecule has 3 aromatic rings. The molecule has 4 nitrogen and oxygen atoms in total. The van der Waals surface area contributed by atoms with Gasteiger partial charge in [-0.05, 0) is 35.2 Å². The first kappa shape index (κ1) is 18.6. The zero-order valence-electron chi connectivity index (χ0n) is 15.5. The zero-order valence-corrected chi connectivity index (χ0v) is 15.5. The van der Waals surface area contributed by atoms with Crippen molar-refractivity contribution in [1.29, 1.82) is 0 Å². The Labute approximate surface area is 160 Å². The molecule has 138 valence electrons. The highest BCUT2D eigenvalue weighted by atomic mass is 16.5. The molecule has 0 aliphatic rings. The topological polar surface area (TPSA) is 42.4 Å². The lowest BCUT2D eigenvalue weighted by Gasteiger charge is -2.25. The first-order chi connectivity index (χ1) is 13.2. The Bertz CT molecular complexity index is 851. The molecule has 2 aromatic carbocycles. The van der Waals surface area contributed by atoms with Crippen LogP contribution in [-0.2, 0) is 29.0 Å². The highest BCUT2D eigenvalue weighted by Gasteiger charge is 2.10. The van der Waals surface area contributed by atoms with Gasteiger partial charge in [-0.3, -0.25) is 9.78 Å². The van der Waals surface area contributed by atoms with Gasteiger partial charge in [0.25, 0.3) is 0 Å². The molecule has 0 aliphatic carbocycles. The van der Waals surface area contributed by atoms with E-state index in [-0.39, 0.29) is 5.97 Å². The Kier molecular flexibility index (Phi) is 6.58. The lowest BCUT2D eigenvalue weighted by atomic mass is 10.1. The van der Waals surface area contributed by atoms with Gasteiger partial charge in [0.2, 0.25) is 0 Å². The van der Waals surface area contributed by atoms with Gasteiger partial charge in [-0.15, -0.1) is 0 Å². The predicted molar refractivity (Wildman–Crippen MR) is 107 cm³/mol. The molecule has 0 atom stereocenters. The molecule has 1 aromatic heterocycles. The third-order valence-corrected chi connectivity index (χ3v) is 4.44. The second kappa shape index (κ2) is 9.53. The lowest BCUT2D eigenvalue weighted by Crippen LogP contribution is -2.22. The van der Waals surface area contributed by atoms with Crippen molar-refractivity contribution in [2.24, 2.45) is 0 Å². The van der Waals surface area contributed by atoms with E-state index in [1.54, 1.807) is 6.20 Å². The van der Waals surface area contributed by atoms with E-state index < -0.39 is 0 Å². The maximum atomic E-state index is 11.4. The largest absolute Gasteiger partial charge is 0.469 e. The summed E-state index contributed by atoms with van der Waals surface area (Å²) in [6.45, 7) is 1.57. The number of aryl methyl sites for hydroxylation is 1. The molecular weight excluding hydrogens is 336 g/mol. The Morgan fingerprint density at radius 1 is 0.926 bits per heavy atom. The fourth-order valence-corrected chi connectivity index (χ4v) is 3.04. The van der Waals surface area contributed by atoms with Crippen LogP contribution in [0.15, 0.2) is 79.1 Å². The number of esters is 1. The van der Waals surface area contributed by atoms with Crippen LogP contribution in [0.5, 0.6) is 0 Å². The number of benzene rings is 2. The van der Waals surface area contributed by atoms with Crippen LogP contribution in [0.4, 0.5) is 5.69 Å². The van der Waals surface area contributed by atoms with Crippen LogP contribution in [0.2, 0.25) is 0 Å². The van der Waals surface area contributed by atoms with Gasteiger partial charge >= 0.3 is 5.97 Å². The fourth-order valence-electron chi connectivity index (χ4n) is 3.04. The first-order valence-corrected chi connectivity index (χ1v) is 9.08. The highest BCUT2D eigenvalue weighted by molar-refractivity contribution is 5.69. The monoisotopic (exact) mass is 360 g/mol. The molecule has 0 bridgehead atoms. The lowest BCUT2D eigenvalue weighted by molar-refractivity contribution is -0.140.